The molecule has 2 N–H and O–H groups in total. The fraction of sp³-hybridized carbons (Fsp3) is 0.333. The fourth-order valence-corrected chi connectivity index (χ4v) is 4.45. The molecule has 0 atom stereocenters. The van der Waals surface area contributed by atoms with Gasteiger partial charge in [0.25, 0.3) is 0 Å². The number of aliphatic hydroxyl groups excluding tert-OH is 1. The van der Waals surface area contributed by atoms with E-state index in [1.807, 2.05) is 35.0 Å². The number of ether oxygens (including phenoxy) is 1. The fourth-order valence-electron chi connectivity index (χ4n) is 3.59. The number of hydrogen-bond donors (Lipinski definition) is 2. The van der Waals surface area contributed by atoms with Crippen molar-refractivity contribution in [2.24, 2.45) is 0 Å². The second-order valence-corrected chi connectivity index (χ2v) is 8.80. The number of nitrogens with one attached hydrogen (secondary N) is 1. The lowest BCUT2D eigenvalue weighted by Gasteiger charge is -2.26. The van der Waals surface area contributed by atoms with Gasteiger partial charge >= 0.3 is 0 Å². The first-order valence-electron chi connectivity index (χ1n) is 10.9. The van der Waals surface area contributed by atoms with Crippen molar-refractivity contribution in [3.63, 3.8) is 0 Å². The number of aromatic nitrogens is 4. The molecule has 4 aromatic rings. The van der Waals surface area contributed by atoms with Gasteiger partial charge in [0, 0.05) is 60.2 Å². The molecule has 5 rings (SSSR count). The van der Waals surface area contributed by atoms with Gasteiger partial charge in [0.05, 0.1) is 18.7 Å². The Hall–Kier alpha value is -2.85. The smallest absolute Gasteiger partial charge is 0.200 e. The monoisotopic (exact) mass is 464 g/mol. The lowest BCUT2D eigenvalue weighted by molar-refractivity contribution is 0.0341. The van der Waals surface area contributed by atoms with Gasteiger partial charge < -0.3 is 15.3 Å². The highest BCUT2D eigenvalue weighted by molar-refractivity contribution is 7.99. The van der Waals surface area contributed by atoms with E-state index < -0.39 is 0 Å². The molecule has 4 heterocycles. The van der Waals surface area contributed by atoms with E-state index in [2.05, 4.69) is 38.3 Å². The van der Waals surface area contributed by atoms with Crippen molar-refractivity contribution in [2.75, 3.05) is 32.9 Å². The second kappa shape index (κ2) is 10.8. The third-order valence-electron chi connectivity index (χ3n) is 5.23. The summed E-state index contributed by atoms with van der Waals surface area (Å²) >= 11 is 1.56. The average molecular weight is 465 g/mol. The van der Waals surface area contributed by atoms with Crippen LogP contribution >= 0.6 is 11.8 Å². The minimum atomic E-state index is 0.250. The Balaban J connectivity index is 0.000000821. The summed E-state index contributed by atoms with van der Waals surface area (Å²) in [6.45, 7) is 8.13. The molecule has 1 fully saturated rings. The molecular formula is C24H28N6O2S. The molecule has 0 radical (unpaired) electrons. The van der Waals surface area contributed by atoms with Crippen molar-refractivity contribution < 1.29 is 9.84 Å². The number of aliphatic hydroxyl groups is 1. The molecule has 8 nitrogen and oxygen atoms in total. The molecule has 9 heteroatoms. The van der Waals surface area contributed by atoms with Crippen molar-refractivity contribution in [3.8, 4) is 0 Å². The Bertz CT molecular complexity index is 1250. The van der Waals surface area contributed by atoms with Crippen LogP contribution < -0.4 is 0 Å². The summed E-state index contributed by atoms with van der Waals surface area (Å²) < 4.78 is 7.38. The highest BCUT2D eigenvalue weighted by Crippen LogP contribution is 2.29. The molecule has 1 aromatic carbocycles. The first kappa shape index (κ1) is 23.3. The van der Waals surface area contributed by atoms with Gasteiger partial charge in [0.15, 0.2) is 10.8 Å². The summed E-state index contributed by atoms with van der Waals surface area (Å²) in [5.74, 6) is 0. The summed E-state index contributed by atoms with van der Waals surface area (Å²) in [5, 5.41) is 25.9. The Kier molecular flexibility index (Phi) is 7.66. The van der Waals surface area contributed by atoms with Crippen LogP contribution in [0.4, 0.5) is 0 Å². The molecule has 3 aromatic heterocycles. The summed E-state index contributed by atoms with van der Waals surface area (Å²) in [7, 11) is 0. The number of morpholine rings is 1. The molecule has 0 bridgehead atoms. The van der Waals surface area contributed by atoms with Crippen molar-refractivity contribution in [1.82, 2.24) is 24.5 Å². The predicted molar refractivity (Wildman–Crippen MR) is 130 cm³/mol. The lowest BCUT2D eigenvalue weighted by Crippen LogP contribution is -2.35. The SMILES string of the molecule is CC(=N)c1ccc2nnc(Sc3ccc4ncc(CN5CCOCC5)cc4c3)n2c1.CCO. The molecule has 33 heavy (non-hydrogen) atoms. The Morgan fingerprint density at radius 2 is 1.94 bits per heavy atom. The van der Waals surface area contributed by atoms with Gasteiger partial charge in [-0.3, -0.25) is 14.3 Å². The zero-order valence-electron chi connectivity index (χ0n) is 18.9. The molecule has 0 amide bonds. The van der Waals surface area contributed by atoms with E-state index in [0.717, 1.165) is 65.0 Å². The Labute approximate surface area is 197 Å². The molecule has 1 saturated heterocycles. The van der Waals surface area contributed by atoms with E-state index in [9.17, 15) is 0 Å². The zero-order valence-corrected chi connectivity index (χ0v) is 19.7. The van der Waals surface area contributed by atoms with Crippen LogP contribution in [0.3, 0.4) is 0 Å². The van der Waals surface area contributed by atoms with Gasteiger partial charge in [-0.1, -0.05) is 0 Å². The van der Waals surface area contributed by atoms with E-state index in [-0.39, 0.29) is 6.61 Å². The van der Waals surface area contributed by atoms with Crippen LogP contribution in [-0.4, -0.2) is 68.2 Å². The van der Waals surface area contributed by atoms with Crippen molar-refractivity contribution in [2.45, 2.75) is 30.4 Å². The Morgan fingerprint density at radius 3 is 2.70 bits per heavy atom. The van der Waals surface area contributed by atoms with Gasteiger partial charge in [-0.2, -0.15) is 0 Å². The molecule has 172 valence electrons. The normalized spacial score (nSPS) is 14.3. The van der Waals surface area contributed by atoms with Gasteiger partial charge in [-0.15, -0.1) is 10.2 Å². The third-order valence-corrected chi connectivity index (χ3v) is 6.18. The van der Waals surface area contributed by atoms with E-state index in [1.165, 1.54) is 5.56 Å². The van der Waals surface area contributed by atoms with Crippen LogP contribution in [0.15, 0.2) is 58.8 Å². The molecule has 1 aliphatic heterocycles. The maximum Gasteiger partial charge on any atom is 0.200 e. The van der Waals surface area contributed by atoms with Gasteiger partial charge in [-0.05, 0) is 67.6 Å². The largest absolute Gasteiger partial charge is 0.397 e. The number of fused-ring (bicyclic) bond motifs is 2. The summed E-state index contributed by atoms with van der Waals surface area (Å²) in [4.78, 5) is 8.12. The molecular weight excluding hydrogens is 436 g/mol. The average Bonchev–Trinajstić information content (AvgIpc) is 3.22. The minimum absolute atomic E-state index is 0.250. The molecule has 0 unspecified atom stereocenters. The van der Waals surface area contributed by atoms with Gasteiger partial charge in [0.1, 0.15) is 0 Å². The van der Waals surface area contributed by atoms with Crippen LogP contribution in [0.25, 0.3) is 16.6 Å². The molecule has 0 spiro atoms. The maximum absolute atomic E-state index is 7.88. The molecule has 0 saturated carbocycles. The number of hydrogen-bond acceptors (Lipinski definition) is 8. The van der Waals surface area contributed by atoms with Crippen LogP contribution in [0.5, 0.6) is 0 Å². The Morgan fingerprint density at radius 1 is 1.15 bits per heavy atom. The number of nitrogens with zero attached hydrogens (tertiary/aromatic N) is 5. The predicted octanol–water partition coefficient (Wildman–Crippen LogP) is 3.65. The van der Waals surface area contributed by atoms with E-state index >= 15 is 0 Å². The van der Waals surface area contributed by atoms with E-state index in [4.69, 9.17) is 15.3 Å². The highest BCUT2D eigenvalue weighted by atomic mass is 32.2. The van der Waals surface area contributed by atoms with E-state index in [1.54, 1.807) is 25.6 Å². The summed E-state index contributed by atoms with van der Waals surface area (Å²) in [6, 6.07) is 12.3. The van der Waals surface area contributed by atoms with Crippen LogP contribution in [-0.2, 0) is 11.3 Å². The zero-order chi connectivity index (χ0) is 23.2. The minimum Gasteiger partial charge on any atom is -0.397 e. The quantitative estimate of drug-likeness (QED) is 0.435. The topological polar surface area (TPSA) is 99.6 Å². The van der Waals surface area contributed by atoms with Crippen molar-refractivity contribution in [3.05, 3.63) is 59.9 Å². The highest BCUT2D eigenvalue weighted by Gasteiger charge is 2.12. The number of pyridine rings is 2. The third kappa shape index (κ3) is 5.75. The molecule has 1 aliphatic rings. The molecule has 0 aliphatic carbocycles. The van der Waals surface area contributed by atoms with Gasteiger partial charge in [-0.25, -0.2) is 0 Å². The van der Waals surface area contributed by atoms with Crippen LogP contribution in [0, 0.1) is 5.41 Å². The van der Waals surface area contributed by atoms with Crippen LogP contribution in [0.2, 0.25) is 0 Å². The van der Waals surface area contributed by atoms with Crippen molar-refractivity contribution in [1.29, 1.82) is 5.41 Å². The number of rotatable bonds is 5. The lowest BCUT2D eigenvalue weighted by atomic mass is 10.1. The first-order chi connectivity index (χ1) is 16.1. The standard InChI is InChI=1S/C22H22N6OS.C2H6O/c1-15(23)17-2-5-21-25-26-22(28(21)14-17)30-19-3-4-20-18(11-19)10-16(12-24-20)13-27-6-8-29-9-7-27;1-2-3/h2-5,10-12,14,23H,6-9,13H2,1H3;3H,2H2,1H3. The maximum atomic E-state index is 7.88. The van der Waals surface area contributed by atoms with Crippen molar-refractivity contribution >= 4 is 34.0 Å². The second-order valence-electron chi connectivity index (χ2n) is 7.76. The van der Waals surface area contributed by atoms with E-state index in [0.29, 0.717) is 5.71 Å². The first-order valence-corrected chi connectivity index (χ1v) is 11.8. The van der Waals surface area contributed by atoms with Crippen LogP contribution in [0.1, 0.15) is 25.0 Å². The van der Waals surface area contributed by atoms with Gasteiger partial charge in [0.2, 0.25) is 0 Å². The number of benzene rings is 1. The summed E-state index contributed by atoms with van der Waals surface area (Å²) in [6.07, 6.45) is 3.89. The summed E-state index contributed by atoms with van der Waals surface area (Å²) in [5.41, 5.74) is 4.35.